The van der Waals surface area contributed by atoms with Crippen molar-refractivity contribution < 1.29 is 0 Å². The van der Waals surface area contributed by atoms with E-state index < -0.39 is 0 Å². The Morgan fingerprint density at radius 3 is 2.74 bits per heavy atom. The fraction of sp³-hybridized carbons (Fsp3) is 0. The van der Waals surface area contributed by atoms with Gasteiger partial charge in [-0.2, -0.15) is 0 Å². The van der Waals surface area contributed by atoms with Crippen LogP contribution < -0.4 is 5.73 Å². The molecule has 0 radical (unpaired) electrons. The van der Waals surface area contributed by atoms with Crippen molar-refractivity contribution in [3.05, 3.63) is 44.3 Å². The molecule has 1 heterocycles. The molecule has 3 nitrogen and oxygen atoms in total. The van der Waals surface area contributed by atoms with Gasteiger partial charge in [0.15, 0.2) is 0 Å². The van der Waals surface area contributed by atoms with Crippen molar-refractivity contribution in [2.75, 3.05) is 5.73 Å². The Hall–Kier alpha value is -1.04. The van der Waals surface area contributed by atoms with Crippen LogP contribution in [0.3, 0.4) is 0 Å². The topological polar surface area (TPSA) is 54.7 Å². The number of anilines is 1. The molecule has 0 bridgehead atoms. The SMILES string of the molecule is Nc1c(Br)cc(Br)cc1-c1nc2ccc(Cl)cc2[nH]1. The molecule has 3 N–H and O–H groups in total. The summed E-state index contributed by atoms with van der Waals surface area (Å²) in [5.74, 6) is 0.719. The van der Waals surface area contributed by atoms with E-state index in [2.05, 4.69) is 41.8 Å². The first-order valence-electron chi connectivity index (χ1n) is 5.45. The number of rotatable bonds is 1. The molecule has 19 heavy (non-hydrogen) atoms. The van der Waals surface area contributed by atoms with E-state index in [1.807, 2.05) is 30.3 Å². The molecule has 3 rings (SSSR count). The molecule has 96 valence electrons. The minimum absolute atomic E-state index is 0.647. The van der Waals surface area contributed by atoms with E-state index in [1.165, 1.54) is 0 Å². The Kier molecular flexibility index (Phi) is 3.28. The number of imidazole rings is 1. The van der Waals surface area contributed by atoms with Crippen LogP contribution in [-0.2, 0) is 0 Å². The first-order valence-corrected chi connectivity index (χ1v) is 7.41. The average Bonchev–Trinajstić information content (AvgIpc) is 2.76. The standard InChI is InChI=1S/C13H8Br2ClN3/c14-6-3-8(12(17)9(15)4-6)13-18-10-2-1-7(16)5-11(10)19-13/h1-5H,17H2,(H,18,19). The lowest BCUT2D eigenvalue weighted by molar-refractivity contribution is 1.33. The van der Waals surface area contributed by atoms with Gasteiger partial charge >= 0.3 is 0 Å². The largest absolute Gasteiger partial charge is 0.397 e. The molecule has 0 spiro atoms. The normalized spacial score (nSPS) is 11.1. The van der Waals surface area contributed by atoms with E-state index in [1.54, 1.807) is 0 Å². The highest BCUT2D eigenvalue weighted by Crippen LogP contribution is 2.34. The predicted octanol–water partition coefficient (Wildman–Crippen LogP) is 4.99. The molecule has 2 aromatic carbocycles. The van der Waals surface area contributed by atoms with Crippen LogP contribution in [0, 0.1) is 0 Å². The summed E-state index contributed by atoms with van der Waals surface area (Å²) in [6.45, 7) is 0. The molecule has 0 unspecified atom stereocenters. The lowest BCUT2D eigenvalue weighted by Crippen LogP contribution is -1.93. The zero-order valence-corrected chi connectivity index (χ0v) is 13.5. The van der Waals surface area contributed by atoms with Gasteiger partial charge < -0.3 is 10.7 Å². The maximum atomic E-state index is 6.08. The van der Waals surface area contributed by atoms with Crippen molar-refractivity contribution in [3.63, 3.8) is 0 Å². The molecule has 1 aromatic heterocycles. The minimum atomic E-state index is 0.647. The van der Waals surface area contributed by atoms with E-state index >= 15 is 0 Å². The number of nitrogens with one attached hydrogen (secondary N) is 1. The number of aromatic amines is 1. The molecule has 3 aromatic rings. The Balaban J connectivity index is 2.24. The van der Waals surface area contributed by atoms with Crippen molar-refractivity contribution in [1.82, 2.24) is 9.97 Å². The van der Waals surface area contributed by atoms with E-state index in [0.29, 0.717) is 10.7 Å². The number of nitrogen functional groups attached to an aromatic ring is 1. The van der Waals surface area contributed by atoms with Gasteiger partial charge in [-0.3, -0.25) is 0 Å². The van der Waals surface area contributed by atoms with Gasteiger partial charge in [0.05, 0.1) is 16.7 Å². The van der Waals surface area contributed by atoms with Crippen LogP contribution in [0.4, 0.5) is 5.69 Å². The van der Waals surface area contributed by atoms with E-state index in [4.69, 9.17) is 17.3 Å². The maximum Gasteiger partial charge on any atom is 0.140 e. The van der Waals surface area contributed by atoms with Crippen molar-refractivity contribution in [2.45, 2.75) is 0 Å². The summed E-state index contributed by atoms with van der Waals surface area (Å²) in [6, 6.07) is 9.37. The molecule has 0 aliphatic carbocycles. The fourth-order valence-electron chi connectivity index (χ4n) is 1.89. The van der Waals surface area contributed by atoms with Gasteiger partial charge in [-0.05, 0) is 46.3 Å². The number of hydrogen-bond acceptors (Lipinski definition) is 2. The second-order valence-electron chi connectivity index (χ2n) is 4.10. The van der Waals surface area contributed by atoms with Crippen LogP contribution in [0.5, 0.6) is 0 Å². The number of aromatic nitrogens is 2. The average molecular weight is 401 g/mol. The molecule has 0 aliphatic rings. The number of H-pyrrole nitrogens is 1. The molecule has 0 saturated heterocycles. The highest BCUT2D eigenvalue weighted by molar-refractivity contribution is 9.11. The molecule has 0 fully saturated rings. The summed E-state index contributed by atoms with van der Waals surface area (Å²) in [5.41, 5.74) is 9.31. The van der Waals surface area contributed by atoms with Gasteiger partial charge in [-0.15, -0.1) is 0 Å². The van der Waals surface area contributed by atoms with E-state index in [-0.39, 0.29) is 0 Å². The van der Waals surface area contributed by atoms with Crippen molar-refractivity contribution >= 4 is 60.2 Å². The van der Waals surface area contributed by atoms with Crippen LogP contribution in [-0.4, -0.2) is 9.97 Å². The van der Waals surface area contributed by atoms with Gasteiger partial charge in [-0.25, -0.2) is 4.98 Å². The maximum absolute atomic E-state index is 6.08. The van der Waals surface area contributed by atoms with Crippen LogP contribution in [0.15, 0.2) is 39.3 Å². The Morgan fingerprint density at radius 1 is 1.16 bits per heavy atom. The van der Waals surface area contributed by atoms with Crippen molar-refractivity contribution in [3.8, 4) is 11.4 Å². The second kappa shape index (κ2) is 4.81. The number of hydrogen-bond donors (Lipinski definition) is 2. The number of fused-ring (bicyclic) bond motifs is 1. The lowest BCUT2D eigenvalue weighted by atomic mass is 10.2. The van der Waals surface area contributed by atoms with Gasteiger partial charge in [0.1, 0.15) is 5.82 Å². The third kappa shape index (κ3) is 2.38. The highest BCUT2D eigenvalue weighted by atomic mass is 79.9. The number of benzene rings is 2. The zero-order chi connectivity index (χ0) is 13.6. The van der Waals surface area contributed by atoms with Crippen LogP contribution in [0.1, 0.15) is 0 Å². The molecular weight excluding hydrogens is 393 g/mol. The summed E-state index contributed by atoms with van der Waals surface area (Å²) in [5, 5.41) is 0.672. The Bertz CT molecular complexity index is 783. The van der Waals surface area contributed by atoms with Crippen molar-refractivity contribution in [1.29, 1.82) is 0 Å². The molecule has 0 saturated carbocycles. The van der Waals surface area contributed by atoms with Gasteiger partial charge in [0.25, 0.3) is 0 Å². The third-order valence-corrected chi connectivity index (χ3v) is 4.14. The third-order valence-electron chi connectivity index (χ3n) is 2.79. The smallest absolute Gasteiger partial charge is 0.140 e. The summed E-state index contributed by atoms with van der Waals surface area (Å²) < 4.78 is 1.76. The van der Waals surface area contributed by atoms with Gasteiger partial charge in [0.2, 0.25) is 0 Å². The molecule has 0 aliphatic heterocycles. The number of halogens is 3. The van der Waals surface area contributed by atoms with Crippen LogP contribution >= 0.6 is 43.5 Å². The second-order valence-corrected chi connectivity index (χ2v) is 6.30. The Morgan fingerprint density at radius 2 is 1.95 bits per heavy atom. The summed E-state index contributed by atoms with van der Waals surface area (Å²) in [6.07, 6.45) is 0. The first-order chi connectivity index (χ1) is 9.04. The van der Waals surface area contributed by atoms with Crippen molar-refractivity contribution in [2.24, 2.45) is 0 Å². The summed E-state index contributed by atoms with van der Waals surface area (Å²) >= 11 is 12.9. The predicted molar refractivity (Wildman–Crippen MR) is 86.4 cm³/mol. The monoisotopic (exact) mass is 399 g/mol. The van der Waals surface area contributed by atoms with Gasteiger partial charge in [-0.1, -0.05) is 27.5 Å². The zero-order valence-electron chi connectivity index (χ0n) is 9.55. The quantitative estimate of drug-likeness (QED) is 0.565. The molecule has 0 atom stereocenters. The minimum Gasteiger partial charge on any atom is -0.397 e. The van der Waals surface area contributed by atoms with E-state index in [9.17, 15) is 0 Å². The van der Waals surface area contributed by atoms with Gasteiger partial charge in [0, 0.05) is 19.5 Å². The fourth-order valence-corrected chi connectivity index (χ4v) is 3.29. The molecule has 6 heteroatoms. The van der Waals surface area contributed by atoms with E-state index in [0.717, 1.165) is 31.4 Å². The summed E-state index contributed by atoms with van der Waals surface area (Å²) in [4.78, 5) is 7.76. The lowest BCUT2D eigenvalue weighted by Gasteiger charge is -2.05. The summed E-state index contributed by atoms with van der Waals surface area (Å²) in [7, 11) is 0. The van der Waals surface area contributed by atoms with Crippen LogP contribution in [0.25, 0.3) is 22.4 Å². The van der Waals surface area contributed by atoms with Crippen LogP contribution in [0.2, 0.25) is 5.02 Å². The molecular formula is C13H8Br2ClN3. The number of nitrogens with zero attached hydrogens (tertiary/aromatic N) is 1. The number of nitrogens with two attached hydrogens (primary N) is 1. The Labute approximate surface area is 131 Å². The molecule has 0 amide bonds. The highest BCUT2D eigenvalue weighted by Gasteiger charge is 2.12. The first kappa shape index (κ1) is 13.0.